The van der Waals surface area contributed by atoms with Crippen molar-refractivity contribution in [1.29, 1.82) is 0 Å². The minimum atomic E-state index is -0.296. The predicted molar refractivity (Wildman–Crippen MR) is 75.1 cm³/mol. The molecule has 3 nitrogen and oxygen atoms in total. The van der Waals surface area contributed by atoms with Crippen molar-refractivity contribution in [3.63, 3.8) is 0 Å². The van der Waals surface area contributed by atoms with E-state index < -0.39 is 0 Å². The zero-order valence-corrected chi connectivity index (χ0v) is 11.8. The molecule has 0 aliphatic carbocycles. The van der Waals surface area contributed by atoms with Crippen LogP contribution in [0.25, 0.3) is 0 Å². The van der Waals surface area contributed by atoms with Gasteiger partial charge in [0.05, 0.1) is 12.6 Å². The van der Waals surface area contributed by atoms with Crippen LogP contribution in [-0.2, 0) is 16.9 Å². The van der Waals surface area contributed by atoms with Crippen molar-refractivity contribution in [3.8, 4) is 0 Å². The van der Waals surface area contributed by atoms with Gasteiger partial charge in [-0.05, 0) is 30.7 Å². The zero-order valence-electron chi connectivity index (χ0n) is 11.1. The lowest BCUT2D eigenvalue weighted by atomic mass is 9.74. The molecule has 4 heteroatoms. The van der Waals surface area contributed by atoms with E-state index in [1.54, 1.807) is 6.20 Å². The molecule has 2 heterocycles. The summed E-state index contributed by atoms with van der Waals surface area (Å²) in [6.07, 6.45) is 4.03. The second kappa shape index (κ2) is 4.66. The standard InChI is InChI=1S/C15H17ClN2O/c1-11-12(2)19-15(11,10-18-9-3-8-17-18)13-4-6-14(16)7-5-13/h3-9,11-12H,10H2,1-2H3/t11?,12-,15?/m1/s1. The van der Waals surface area contributed by atoms with Crippen molar-refractivity contribution in [2.75, 3.05) is 0 Å². The van der Waals surface area contributed by atoms with Gasteiger partial charge in [0.1, 0.15) is 5.60 Å². The van der Waals surface area contributed by atoms with Crippen LogP contribution in [0.15, 0.2) is 42.7 Å². The number of halogens is 1. The van der Waals surface area contributed by atoms with Crippen molar-refractivity contribution in [1.82, 2.24) is 9.78 Å². The molecule has 1 saturated heterocycles. The molecule has 0 bridgehead atoms. The third kappa shape index (κ3) is 2.07. The van der Waals surface area contributed by atoms with Crippen LogP contribution in [0.4, 0.5) is 0 Å². The van der Waals surface area contributed by atoms with Gasteiger partial charge in [0.25, 0.3) is 0 Å². The van der Waals surface area contributed by atoms with Gasteiger partial charge in [-0.1, -0.05) is 30.7 Å². The number of aromatic nitrogens is 2. The van der Waals surface area contributed by atoms with Crippen LogP contribution in [0.2, 0.25) is 5.02 Å². The predicted octanol–water partition coefficient (Wildman–Crippen LogP) is 3.49. The fourth-order valence-electron chi connectivity index (χ4n) is 2.82. The van der Waals surface area contributed by atoms with E-state index in [0.29, 0.717) is 5.92 Å². The maximum atomic E-state index is 6.13. The van der Waals surface area contributed by atoms with Crippen LogP contribution in [-0.4, -0.2) is 15.9 Å². The minimum absolute atomic E-state index is 0.270. The summed E-state index contributed by atoms with van der Waals surface area (Å²) in [6.45, 7) is 5.07. The lowest BCUT2D eigenvalue weighted by Gasteiger charge is -2.53. The molecule has 3 rings (SSSR count). The van der Waals surface area contributed by atoms with Gasteiger partial charge < -0.3 is 4.74 Å². The minimum Gasteiger partial charge on any atom is -0.365 e. The highest BCUT2D eigenvalue weighted by Crippen LogP contribution is 2.48. The zero-order chi connectivity index (χ0) is 13.5. The number of hydrogen-bond donors (Lipinski definition) is 0. The molecular formula is C15H17ClN2O. The van der Waals surface area contributed by atoms with Gasteiger partial charge in [0, 0.05) is 23.3 Å². The maximum Gasteiger partial charge on any atom is 0.118 e. The summed E-state index contributed by atoms with van der Waals surface area (Å²) in [5.41, 5.74) is 0.869. The average Bonchev–Trinajstić information content (AvgIpc) is 2.91. The van der Waals surface area contributed by atoms with Crippen LogP contribution >= 0.6 is 11.6 Å². The first-order chi connectivity index (χ1) is 9.12. The van der Waals surface area contributed by atoms with E-state index in [1.807, 2.05) is 41.2 Å². The van der Waals surface area contributed by atoms with Crippen molar-refractivity contribution >= 4 is 11.6 Å². The molecule has 100 valence electrons. The fourth-order valence-corrected chi connectivity index (χ4v) is 2.94. The molecule has 1 aliphatic heterocycles. The third-order valence-corrected chi connectivity index (χ3v) is 4.38. The van der Waals surface area contributed by atoms with E-state index in [-0.39, 0.29) is 11.7 Å². The van der Waals surface area contributed by atoms with Crippen LogP contribution in [0, 0.1) is 5.92 Å². The summed E-state index contributed by atoms with van der Waals surface area (Å²) in [4.78, 5) is 0. The first-order valence-corrected chi connectivity index (χ1v) is 6.91. The fraction of sp³-hybridized carbons (Fsp3) is 0.400. The average molecular weight is 277 g/mol. The molecule has 1 fully saturated rings. The molecule has 0 spiro atoms. The lowest BCUT2D eigenvalue weighted by Crippen LogP contribution is -2.57. The van der Waals surface area contributed by atoms with E-state index in [0.717, 1.165) is 17.1 Å². The van der Waals surface area contributed by atoms with Gasteiger partial charge in [-0.15, -0.1) is 0 Å². The quantitative estimate of drug-likeness (QED) is 0.858. The van der Waals surface area contributed by atoms with Crippen LogP contribution in [0.1, 0.15) is 19.4 Å². The first kappa shape index (κ1) is 12.7. The number of benzene rings is 1. The molecule has 0 saturated carbocycles. The molecule has 3 atom stereocenters. The number of ether oxygens (including phenoxy) is 1. The third-order valence-electron chi connectivity index (χ3n) is 4.12. The van der Waals surface area contributed by atoms with Gasteiger partial charge >= 0.3 is 0 Å². The summed E-state index contributed by atoms with van der Waals surface area (Å²) in [5.74, 6) is 0.442. The second-order valence-corrected chi connectivity index (χ2v) is 5.65. The number of rotatable bonds is 3. The largest absolute Gasteiger partial charge is 0.365 e. The van der Waals surface area contributed by atoms with Crippen LogP contribution in [0.5, 0.6) is 0 Å². The van der Waals surface area contributed by atoms with Crippen molar-refractivity contribution < 1.29 is 4.74 Å². The van der Waals surface area contributed by atoms with Gasteiger partial charge in [-0.3, -0.25) is 4.68 Å². The Morgan fingerprint density at radius 2 is 2.05 bits per heavy atom. The molecule has 0 radical (unpaired) electrons. The van der Waals surface area contributed by atoms with E-state index in [9.17, 15) is 0 Å². The Balaban J connectivity index is 1.96. The highest BCUT2D eigenvalue weighted by atomic mass is 35.5. The summed E-state index contributed by atoms with van der Waals surface area (Å²) in [5, 5.41) is 5.04. The summed E-state index contributed by atoms with van der Waals surface area (Å²) in [7, 11) is 0. The van der Waals surface area contributed by atoms with Crippen LogP contribution < -0.4 is 0 Å². The topological polar surface area (TPSA) is 27.1 Å². The van der Waals surface area contributed by atoms with E-state index in [4.69, 9.17) is 16.3 Å². The lowest BCUT2D eigenvalue weighted by molar-refractivity contribution is -0.263. The molecule has 2 unspecified atom stereocenters. The second-order valence-electron chi connectivity index (χ2n) is 5.21. The van der Waals surface area contributed by atoms with Gasteiger partial charge in [-0.25, -0.2) is 0 Å². The maximum absolute atomic E-state index is 6.13. The first-order valence-electron chi connectivity index (χ1n) is 6.53. The Bertz CT molecular complexity index is 552. The molecule has 19 heavy (non-hydrogen) atoms. The molecular weight excluding hydrogens is 260 g/mol. The molecule has 1 aromatic carbocycles. The monoisotopic (exact) mass is 276 g/mol. The van der Waals surface area contributed by atoms with Gasteiger partial charge in [0.15, 0.2) is 0 Å². The number of nitrogens with zero attached hydrogens (tertiary/aromatic N) is 2. The van der Waals surface area contributed by atoms with Crippen molar-refractivity contribution in [2.45, 2.75) is 32.1 Å². The Labute approximate surface area is 118 Å². The molecule has 1 aliphatic rings. The Kier molecular flexibility index (Phi) is 3.11. The SMILES string of the molecule is CC1[C@@H](C)OC1(Cn1cccn1)c1ccc(Cl)cc1. The van der Waals surface area contributed by atoms with Crippen molar-refractivity contribution in [3.05, 3.63) is 53.3 Å². The molecule has 1 aromatic heterocycles. The van der Waals surface area contributed by atoms with Gasteiger partial charge in [-0.2, -0.15) is 5.10 Å². The van der Waals surface area contributed by atoms with Crippen LogP contribution in [0.3, 0.4) is 0 Å². The summed E-state index contributed by atoms with van der Waals surface area (Å²) < 4.78 is 8.06. The van der Waals surface area contributed by atoms with E-state index in [1.165, 1.54) is 0 Å². The smallest absolute Gasteiger partial charge is 0.118 e. The Morgan fingerprint density at radius 1 is 1.32 bits per heavy atom. The van der Waals surface area contributed by atoms with E-state index in [2.05, 4.69) is 18.9 Å². The number of hydrogen-bond acceptors (Lipinski definition) is 2. The Morgan fingerprint density at radius 3 is 2.58 bits per heavy atom. The molecule has 2 aromatic rings. The molecule has 0 amide bonds. The highest BCUT2D eigenvalue weighted by Gasteiger charge is 2.52. The van der Waals surface area contributed by atoms with Crippen molar-refractivity contribution in [2.24, 2.45) is 5.92 Å². The Hall–Kier alpha value is -1.32. The van der Waals surface area contributed by atoms with E-state index >= 15 is 0 Å². The molecule has 0 N–H and O–H groups in total. The highest BCUT2D eigenvalue weighted by molar-refractivity contribution is 6.30. The summed E-state index contributed by atoms with van der Waals surface area (Å²) in [6, 6.07) is 9.87. The normalized spacial score (nSPS) is 30.1. The van der Waals surface area contributed by atoms with Gasteiger partial charge in [0.2, 0.25) is 0 Å². The summed E-state index contributed by atoms with van der Waals surface area (Å²) >= 11 is 5.97.